The maximum atomic E-state index is 11.5. The maximum Gasteiger partial charge on any atom is 0.319 e. The van der Waals surface area contributed by atoms with Crippen molar-refractivity contribution < 1.29 is 4.79 Å². The third kappa shape index (κ3) is 1.40. The van der Waals surface area contributed by atoms with Crippen molar-refractivity contribution >= 4 is 22.5 Å². The van der Waals surface area contributed by atoms with Crippen molar-refractivity contribution in [2.24, 2.45) is 5.73 Å². The predicted molar refractivity (Wildman–Crippen MR) is 73.9 cm³/mol. The van der Waals surface area contributed by atoms with Crippen molar-refractivity contribution in [2.75, 3.05) is 11.4 Å². The van der Waals surface area contributed by atoms with E-state index in [9.17, 15) is 4.79 Å². The van der Waals surface area contributed by atoms with Gasteiger partial charge < -0.3 is 5.73 Å². The summed E-state index contributed by atoms with van der Waals surface area (Å²) in [6, 6.07) is 11.9. The number of nitrogens with two attached hydrogens (primary N) is 1. The van der Waals surface area contributed by atoms with Gasteiger partial charge in [0.05, 0.1) is 0 Å². The van der Waals surface area contributed by atoms with E-state index in [-0.39, 0.29) is 11.4 Å². The molecule has 0 aliphatic carbocycles. The van der Waals surface area contributed by atoms with E-state index in [0.717, 1.165) is 5.69 Å². The number of hydrogen-bond acceptors (Lipinski definition) is 1. The van der Waals surface area contributed by atoms with Crippen LogP contribution < -0.4 is 10.6 Å². The zero-order chi connectivity index (χ0) is 12.9. The average molecular weight is 240 g/mol. The first kappa shape index (κ1) is 11.1. The van der Waals surface area contributed by atoms with Crippen LogP contribution in [0.5, 0.6) is 0 Å². The van der Waals surface area contributed by atoms with E-state index < -0.39 is 0 Å². The van der Waals surface area contributed by atoms with Crippen molar-refractivity contribution in [1.29, 1.82) is 0 Å². The van der Waals surface area contributed by atoms with E-state index in [1.807, 2.05) is 24.3 Å². The first-order valence-electron chi connectivity index (χ1n) is 6.10. The number of urea groups is 1. The van der Waals surface area contributed by atoms with Crippen LogP contribution in [0.3, 0.4) is 0 Å². The molecule has 0 atom stereocenters. The minimum Gasteiger partial charge on any atom is -0.351 e. The van der Waals surface area contributed by atoms with Crippen LogP contribution in [0.1, 0.15) is 19.4 Å². The van der Waals surface area contributed by atoms with Crippen LogP contribution in [0.25, 0.3) is 10.8 Å². The SMILES string of the molecule is CC1(C)CN(C(N)=O)c2ccc3ccccc3c21. The molecule has 3 rings (SSSR count). The van der Waals surface area contributed by atoms with Gasteiger partial charge in [0.1, 0.15) is 0 Å². The summed E-state index contributed by atoms with van der Waals surface area (Å²) in [7, 11) is 0. The first-order valence-corrected chi connectivity index (χ1v) is 6.10. The van der Waals surface area contributed by atoms with E-state index in [1.165, 1.54) is 16.3 Å². The number of rotatable bonds is 0. The quantitative estimate of drug-likeness (QED) is 0.756. The highest BCUT2D eigenvalue weighted by atomic mass is 16.2. The van der Waals surface area contributed by atoms with Gasteiger partial charge in [-0.2, -0.15) is 0 Å². The number of benzene rings is 2. The van der Waals surface area contributed by atoms with Crippen LogP contribution in [0.15, 0.2) is 36.4 Å². The summed E-state index contributed by atoms with van der Waals surface area (Å²) in [4.78, 5) is 13.2. The molecule has 1 aliphatic rings. The largest absolute Gasteiger partial charge is 0.351 e. The van der Waals surface area contributed by atoms with Gasteiger partial charge in [-0.25, -0.2) is 4.79 Å². The summed E-state index contributed by atoms with van der Waals surface area (Å²) in [6.07, 6.45) is 0. The molecule has 3 nitrogen and oxygen atoms in total. The Morgan fingerprint density at radius 2 is 1.94 bits per heavy atom. The highest BCUT2D eigenvalue weighted by molar-refractivity contribution is 6.00. The molecule has 0 saturated heterocycles. The van der Waals surface area contributed by atoms with Gasteiger partial charge in [0.25, 0.3) is 0 Å². The van der Waals surface area contributed by atoms with Crippen LogP contribution in [0.4, 0.5) is 10.5 Å². The van der Waals surface area contributed by atoms with Gasteiger partial charge in [0.15, 0.2) is 0 Å². The molecule has 0 radical (unpaired) electrons. The standard InChI is InChI=1S/C15H16N2O/c1-15(2)9-17(14(16)18)12-8-7-10-5-3-4-6-11(10)13(12)15/h3-8H,9H2,1-2H3,(H2,16,18). The van der Waals surface area contributed by atoms with E-state index in [1.54, 1.807) is 4.90 Å². The molecule has 1 heterocycles. The predicted octanol–water partition coefficient (Wildman–Crippen LogP) is 3.02. The Kier molecular flexibility index (Phi) is 2.14. The zero-order valence-corrected chi connectivity index (χ0v) is 10.6. The summed E-state index contributed by atoms with van der Waals surface area (Å²) in [5.41, 5.74) is 7.57. The van der Waals surface area contributed by atoms with Crippen molar-refractivity contribution in [3.63, 3.8) is 0 Å². The Labute approximate surface area is 106 Å². The maximum absolute atomic E-state index is 11.5. The molecule has 92 valence electrons. The molecule has 2 aromatic rings. The Balaban J connectivity index is 2.36. The summed E-state index contributed by atoms with van der Waals surface area (Å²) in [5, 5.41) is 2.42. The molecular formula is C15H16N2O. The monoisotopic (exact) mass is 240 g/mol. The lowest BCUT2D eigenvalue weighted by Crippen LogP contribution is -2.37. The van der Waals surface area contributed by atoms with E-state index >= 15 is 0 Å². The summed E-state index contributed by atoms with van der Waals surface area (Å²) < 4.78 is 0. The fraction of sp³-hybridized carbons (Fsp3) is 0.267. The van der Waals surface area contributed by atoms with Crippen molar-refractivity contribution in [3.05, 3.63) is 42.0 Å². The summed E-state index contributed by atoms with van der Waals surface area (Å²) in [6.45, 7) is 4.95. The Morgan fingerprint density at radius 3 is 2.67 bits per heavy atom. The fourth-order valence-electron chi connectivity index (χ4n) is 2.95. The van der Waals surface area contributed by atoms with Gasteiger partial charge in [0.2, 0.25) is 0 Å². The first-order chi connectivity index (χ1) is 8.50. The number of primary amides is 1. The van der Waals surface area contributed by atoms with Crippen LogP contribution in [-0.2, 0) is 5.41 Å². The lowest BCUT2D eigenvalue weighted by Gasteiger charge is -2.20. The lowest BCUT2D eigenvalue weighted by molar-refractivity contribution is 0.253. The van der Waals surface area contributed by atoms with Gasteiger partial charge >= 0.3 is 6.03 Å². The smallest absolute Gasteiger partial charge is 0.319 e. The highest BCUT2D eigenvalue weighted by Crippen LogP contribution is 2.44. The Hall–Kier alpha value is -2.03. The molecular weight excluding hydrogens is 224 g/mol. The van der Waals surface area contributed by atoms with Crippen LogP contribution in [0.2, 0.25) is 0 Å². The number of carbonyl (C=O) groups excluding carboxylic acids is 1. The van der Waals surface area contributed by atoms with E-state index in [2.05, 4.69) is 26.0 Å². The molecule has 0 spiro atoms. The number of hydrogen-bond donors (Lipinski definition) is 1. The van der Waals surface area contributed by atoms with Gasteiger partial charge in [-0.1, -0.05) is 44.2 Å². The Bertz CT molecular complexity index is 646. The molecule has 18 heavy (non-hydrogen) atoms. The molecule has 2 aromatic carbocycles. The summed E-state index contributed by atoms with van der Waals surface area (Å²) in [5.74, 6) is 0. The number of amides is 2. The molecule has 2 N–H and O–H groups in total. The highest BCUT2D eigenvalue weighted by Gasteiger charge is 2.38. The molecule has 0 bridgehead atoms. The second-order valence-corrected chi connectivity index (χ2v) is 5.49. The fourth-order valence-corrected chi connectivity index (χ4v) is 2.95. The Morgan fingerprint density at radius 1 is 1.22 bits per heavy atom. The molecule has 0 unspecified atom stereocenters. The summed E-state index contributed by atoms with van der Waals surface area (Å²) >= 11 is 0. The van der Waals surface area contributed by atoms with Gasteiger partial charge in [0, 0.05) is 17.6 Å². The van der Waals surface area contributed by atoms with E-state index in [0.29, 0.717) is 6.54 Å². The van der Waals surface area contributed by atoms with Crippen molar-refractivity contribution in [2.45, 2.75) is 19.3 Å². The number of anilines is 1. The third-order valence-electron chi connectivity index (χ3n) is 3.69. The second-order valence-electron chi connectivity index (χ2n) is 5.49. The second kappa shape index (κ2) is 3.48. The van der Waals surface area contributed by atoms with Crippen molar-refractivity contribution in [3.8, 4) is 0 Å². The topological polar surface area (TPSA) is 46.3 Å². The number of carbonyl (C=O) groups is 1. The van der Waals surface area contributed by atoms with Crippen molar-refractivity contribution in [1.82, 2.24) is 0 Å². The molecule has 0 aromatic heterocycles. The number of fused-ring (bicyclic) bond motifs is 3. The van der Waals surface area contributed by atoms with Gasteiger partial charge in [-0.15, -0.1) is 0 Å². The van der Waals surface area contributed by atoms with E-state index in [4.69, 9.17) is 5.73 Å². The van der Waals surface area contributed by atoms with Crippen LogP contribution >= 0.6 is 0 Å². The average Bonchev–Trinajstić information content (AvgIpc) is 2.62. The van der Waals surface area contributed by atoms with Crippen LogP contribution in [-0.4, -0.2) is 12.6 Å². The molecule has 0 saturated carbocycles. The molecule has 1 aliphatic heterocycles. The molecule has 2 amide bonds. The number of nitrogens with zero attached hydrogens (tertiary/aromatic N) is 1. The van der Waals surface area contributed by atoms with Crippen LogP contribution in [0, 0.1) is 0 Å². The zero-order valence-electron chi connectivity index (χ0n) is 10.6. The van der Waals surface area contributed by atoms with Gasteiger partial charge in [-0.3, -0.25) is 4.90 Å². The minimum absolute atomic E-state index is 0.0643. The molecule has 3 heteroatoms. The minimum atomic E-state index is -0.378. The lowest BCUT2D eigenvalue weighted by atomic mass is 9.84. The molecule has 0 fully saturated rings. The van der Waals surface area contributed by atoms with Gasteiger partial charge in [-0.05, 0) is 22.4 Å². The third-order valence-corrected chi connectivity index (χ3v) is 3.69. The normalized spacial score (nSPS) is 16.9.